The molecule has 7 nitrogen and oxygen atoms in total. The number of thiazole rings is 1. The van der Waals surface area contributed by atoms with Crippen LogP contribution in [0.4, 0.5) is 5.13 Å². The van der Waals surface area contributed by atoms with E-state index in [1.54, 1.807) is 5.38 Å². The predicted octanol–water partition coefficient (Wildman–Crippen LogP) is -0.183. The van der Waals surface area contributed by atoms with Gasteiger partial charge in [0.25, 0.3) is 0 Å². The first-order valence-corrected chi connectivity index (χ1v) is 5.59. The van der Waals surface area contributed by atoms with Gasteiger partial charge in [-0.3, -0.25) is 14.9 Å². The summed E-state index contributed by atoms with van der Waals surface area (Å²) < 4.78 is 9.71. The van der Waals surface area contributed by atoms with Crippen molar-refractivity contribution < 1.29 is 19.1 Å². The van der Waals surface area contributed by atoms with E-state index in [0.717, 1.165) is 0 Å². The topological polar surface area (TPSA) is 89.5 Å². The molecule has 2 amide bonds. The molecule has 1 aromatic rings. The van der Waals surface area contributed by atoms with E-state index in [2.05, 4.69) is 15.6 Å². The summed E-state index contributed by atoms with van der Waals surface area (Å²) in [5.74, 6) is -1.54. The van der Waals surface area contributed by atoms with E-state index in [0.29, 0.717) is 5.13 Å². The van der Waals surface area contributed by atoms with Gasteiger partial charge >= 0.3 is 11.8 Å². The minimum absolute atomic E-state index is 0.0944. The Balaban J connectivity index is 2.34. The van der Waals surface area contributed by atoms with Crippen LogP contribution in [0, 0.1) is 0 Å². The number of carbonyl (C=O) groups excluding carboxylic acids is 2. The zero-order chi connectivity index (χ0) is 12.7. The monoisotopic (exact) mass is 259 g/mol. The molecule has 1 heterocycles. The molecule has 0 radical (unpaired) electrons. The second-order valence-corrected chi connectivity index (χ2v) is 3.80. The minimum Gasteiger partial charge on any atom is -0.354 e. The third kappa shape index (κ3) is 4.47. The van der Waals surface area contributed by atoms with Gasteiger partial charge in [0.1, 0.15) is 0 Å². The van der Waals surface area contributed by atoms with Crippen molar-refractivity contribution in [3.05, 3.63) is 11.6 Å². The Bertz CT molecular complexity index is 364. The summed E-state index contributed by atoms with van der Waals surface area (Å²) in [4.78, 5) is 26.5. The maximum Gasteiger partial charge on any atom is 0.315 e. The summed E-state index contributed by atoms with van der Waals surface area (Å²) in [6.07, 6.45) is 0.955. The van der Waals surface area contributed by atoms with Gasteiger partial charge in [-0.15, -0.1) is 11.3 Å². The molecule has 8 heteroatoms. The SMILES string of the molecule is COC(CNC(=O)C(=O)Nc1nccs1)OC. The molecule has 1 aromatic heterocycles. The molecule has 17 heavy (non-hydrogen) atoms. The quantitative estimate of drug-likeness (QED) is 0.565. The number of nitrogens with one attached hydrogen (secondary N) is 2. The van der Waals surface area contributed by atoms with Crippen molar-refractivity contribution in [2.24, 2.45) is 0 Å². The third-order valence-electron chi connectivity index (χ3n) is 1.81. The highest BCUT2D eigenvalue weighted by Crippen LogP contribution is 2.09. The molecule has 0 unspecified atom stereocenters. The van der Waals surface area contributed by atoms with Crippen molar-refractivity contribution in [2.75, 3.05) is 26.1 Å². The zero-order valence-electron chi connectivity index (χ0n) is 9.43. The number of carbonyl (C=O) groups is 2. The fourth-order valence-corrected chi connectivity index (χ4v) is 1.48. The Kier molecular flexibility index (Phi) is 5.53. The maximum absolute atomic E-state index is 11.4. The van der Waals surface area contributed by atoms with Crippen molar-refractivity contribution in [2.45, 2.75) is 6.29 Å². The van der Waals surface area contributed by atoms with Crippen LogP contribution in [-0.4, -0.2) is 43.9 Å². The summed E-state index contributed by atoms with van der Waals surface area (Å²) in [6, 6.07) is 0. The highest BCUT2D eigenvalue weighted by atomic mass is 32.1. The number of methoxy groups -OCH3 is 2. The molecule has 0 atom stereocenters. The fourth-order valence-electron chi connectivity index (χ4n) is 0.958. The first-order valence-electron chi connectivity index (χ1n) is 4.71. The molecular weight excluding hydrogens is 246 g/mol. The van der Waals surface area contributed by atoms with E-state index < -0.39 is 18.1 Å². The largest absolute Gasteiger partial charge is 0.354 e. The number of hydrogen-bond acceptors (Lipinski definition) is 6. The average Bonchev–Trinajstić information content (AvgIpc) is 2.82. The van der Waals surface area contributed by atoms with Gasteiger partial charge in [-0.1, -0.05) is 0 Å². The fraction of sp³-hybridized carbons (Fsp3) is 0.444. The first kappa shape index (κ1) is 13.6. The lowest BCUT2D eigenvalue weighted by Gasteiger charge is -2.13. The van der Waals surface area contributed by atoms with Crippen LogP contribution in [0.25, 0.3) is 0 Å². The van der Waals surface area contributed by atoms with Gasteiger partial charge in [0.2, 0.25) is 0 Å². The van der Waals surface area contributed by atoms with E-state index in [1.165, 1.54) is 31.8 Å². The van der Waals surface area contributed by atoms with Crippen molar-refractivity contribution in [3.8, 4) is 0 Å². The van der Waals surface area contributed by atoms with Gasteiger partial charge in [-0.05, 0) is 0 Å². The zero-order valence-corrected chi connectivity index (χ0v) is 10.2. The Morgan fingerprint density at radius 3 is 2.65 bits per heavy atom. The van der Waals surface area contributed by atoms with Gasteiger partial charge in [-0.2, -0.15) is 0 Å². The molecule has 0 fully saturated rings. The summed E-state index contributed by atoms with van der Waals surface area (Å²) >= 11 is 1.23. The van der Waals surface area contributed by atoms with Crippen molar-refractivity contribution in [3.63, 3.8) is 0 Å². The first-order chi connectivity index (χ1) is 8.17. The second kappa shape index (κ2) is 6.94. The highest BCUT2D eigenvalue weighted by molar-refractivity contribution is 7.13. The van der Waals surface area contributed by atoms with Gasteiger partial charge in [0.05, 0.1) is 6.54 Å². The number of nitrogens with zero attached hydrogens (tertiary/aromatic N) is 1. The van der Waals surface area contributed by atoms with Crippen LogP contribution < -0.4 is 10.6 Å². The molecule has 0 aliphatic heterocycles. The van der Waals surface area contributed by atoms with Gasteiger partial charge in [0.15, 0.2) is 11.4 Å². The summed E-state index contributed by atoms with van der Waals surface area (Å²) in [6.45, 7) is 0.0944. The number of hydrogen-bond donors (Lipinski definition) is 2. The molecule has 0 aliphatic carbocycles. The second-order valence-electron chi connectivity index (χ2n) is 2.90. The van der Waals surface area contributed by atoms with E-state index in [4.69, 9.17) is 9.47 Å². The Hall–Kier alpha value is -1.51. The highest BCUT2D eigenvalue weighted by Gasteiger charge is 2.16. The number of ether oxygens (including phenoxy) is 2. The Labute approximate surface area is 102 Å². The summed E-state index contributed by atoms with van der Waals surface area (Å²) in [5.41, 5.74) is 0. The molecule has 0 saturated carbocycles. The van der Waals surface area contributed by atoms with Gasteiger partial charge in [0, 0.05) is 25.8 Å². The molecular formula is C9H13N3O4S. The molecule has 0 aliphatic rings. The van der Waals surface area contributed by atoms with Crippen LogP contribution in [-0.2, 0) is 19.1 Å². The van der Waals surface area contributed by atoms with Crippen LogP contribution >= 0.6 is 11.3 Å². The van der Waals surface area contributed by atoms with Crippen LogP contribution in [0.5, 0.6) is 0 Å². The lowest BCUT2D eigenvalue weighted by molar-refractivity contribution is -0.139. The van der Waals surface area contributed by atoms with Gasteiger partial charge < -0.3 is 14.8 Å². The molecule has 0 saturated heterocycles. The van der Waals surface area contributed by atoms with Crippen LogP contribution in [0.15, 0.2) is 11.6 Å². The number of amides is 2. The maximum atomic E-state index is 11.4. The number of anilines is 1. The van der Waals surface area contributed by atoms with Crippen LogP contribution in [0.2, 0.25) is 0 Å². The summed E-state index contributed by atoms with van der Waals surface area (Å²) in [7, 11) is 2.88. The van der Waals surface area contributed by atoms with E-state index in [-0.39, 0.29) is 6.54 Å². The standard InChI is InChI=1S/C9H13N3O4S/c1-15-6(16-2)5-11-7(13)8(14)12-9-10-3-4-17-9/h3-4,6H,5H2,1-2H3,(H,11,13)(H,10,12,14). The number of rotatable bonds is 5. The third-order valence-corrected chi connectivity index (χ3v) is 2.50. The average molecular weight is 259 g/mol. The molecule has 94 valence electrons. The molecule has 1 rings (SSSR count). The Morgan fingerprint density at radius 1 is 1.41 bits per heavy atom. The van der Waals surface area contributed by atoms with E-state index in [9.17, 15) is 9.59 Å². The van der Waals surface area contributed by atoms with Crippen LogP contribution in [0.3, 0.4) is 0 Å². The van der Waals surface area contributed by atoms with E-state index >= 15 is 0 Å². The molecule has 0 bridgehead atoms. The van der Waals surface area contributed by atoms with Crippen molar-refractivity contribution in [1.29, 1.82) is 0 Å². The van der Waals surface area contributed by atoms with Crippen molar-refractivity contribution >= 4 is 28.3 Å². The van der Waals surface area contributed by atoms with Crippen molar-refractivity contribution in [1.82, 2.24) is 10.3 Å². The lowest BCUT2D eigenvalue weighted by Crippen LogP contribution is -2.40. The number of aromatic nitrogens is 1. The predicted molar refractivity (Wildman–Crippen MR) is 61.6 cm³/mol. The summed E-state index contributed by atoms with van der Waals surface area (Å²) in [5, 5.41) is 6.80. The minimum atomic E-state index is -0.772. The van der Waals surface area contributed by atoms with E-state index in [1.807, 2.05) is 0 Å². The molecule has 0 spiro atoms. The van der Waals surface area contributed by atoms with Gasteiger partial charge in [-0.25, -0.2) is 4.98 Å². The lowest BCUT2D eigenvalue weighted by atomic mass is 10.5. The Morgan fingerprint density at radius 2 is 2.12 bits per heavy atom. The smallest absolute Gasteiger partial charge is 0.315 e. The normalized spacial score (nSPS) is 10.3. The van der Waals surface area contributed by atoms with Crippen LogP contribution in [0.1, 0.15) is 0 Å². The molecule has 2 N–H and O–H groups in total. The molecule has 0 aromatic carbocycles.